The summed E-state index contributed by atoms with van der Waals surface area (Å²) in [5.74, 6) is -1.47. The Hall–Kier alpha value is -2.32. The van der Waals surface area contributed by atoms with Gasteiger partial charge in [0.1, 0.15) is 0 Å². The van der Waals surface area contributed by atoms with Gasteiger partial charge in [0.05, 0.1) is 17.3 Å². The maximum atomic E-state index is 14.1. The summed E-state index contributed by atoms with van der Waals surface area (Å²) in [6.07, 6.45) is -4.82. The van der Waals surface area contributed by atoms with Crippen LogP contribution < -0.4 is 5.32 Å². The number of alkyl halides is 3. The van der Waals surface area contributed by atoms with Gasteiger partial charge in [0, 0.05) is 26.2 Å². The molecule has 0 radical (unpaired) electrons. The van der Waals surface area contributed by atoms with Gasteiger partial charge in [-0.15, -0.1) is 12.4 Å². The highest BCUT2D eigenvalue weighted by atomic mass is 35.5. The van der Waals surface area contributed by atoms with Crippen molar-refractivity contribution in [2.75, 3.05) is 25.0 Å². The highest BCUT2D eigenvalue weighted by Gasteiger charge is 2.36. The first kappa shape index (κ1) is 23.0. The normalized spacial score (nSPS) is 14.7. The molecule has 1 heterocycles. The van der Waals surface area contributed by atoms with Crippen molar-refractivity contribution in [3.8, 4) is 0 Å². The Bertz CT molecular complexity index is 826. The van der Waals surface area contributed by atoms with E-state index in [1.807, 2.05) is 30.3 Å². The van der Waals surface area contributed by atoms with Crippen LogP contribution in [0.2, 0.25) is 0 Å². The summed E-state index contributed by atoms with van der Waals surface area (Å²) in [5, 5.41) is 2.28. The van der Waals surface area contributed by atoms with Crippen LogP contribution in [0, 0.1) is 5.82 Å². The van der Waals surface area contributed by atoms with Crippen LogP contribution in [-0.2, 0) is 12.7 Å². The monoisotopic (exact) mass is 431 g/mol. The zero-order valence-corrected chi connectivity index (χ0v) is 16.6. The van der Waals surface area contributed by atoms with Gasteiger partial charge in [-0.1, -0.05) is 36.4 Å². The van der Waals surface area contributed by atoms with Gasteiger partial charge in [-0.05, 0) is 24.6 Å². The zero-order chi connectivity index (χ0) is 20.3. The van der Waals surface area contributed by atoms with Gasteiger partial charge >= 0.3 is 12.2 Å². The molecule has 2 aromatic rings. The fraction of sp³-hybridized carbons (Fsp3) is 0.350. The minimum absolute atomic E-state index is 0. The smallest absolute Gasteiger partial charge is 0.319 e. The molecule has 0 bridgehead atoms. The van der Waals surface area contributed by atoms with Gasteiger partial charge in [-0.25, -0.2) is 9.18 Å². The molecule has 2 aromatic carbocycles. The number of carbonyl (C=O) groups is 1. The van der Waals surface area contributed by atoms with Crippen LogP contribution in [0.5, 0.6) is 0 Å². The summed E-state index contributed by atoms with van der Waals surface area (Å²) in [4.78, 5) is 16.2. The number of urea groups is 1. The van der Waals surface area contributed by atoms with Gasteiger partial charge in [0.15, 0.2) is 5.82 Å². The molecular weight excluding hydrogens is 410 g/mol. The van der Waals surface area contributed by atoms with E-state index in [0.717, 1.165) is 18.7 Å². The first-order valence-electron chi connectivity index (χ1n) is 8.99. The molecule has 158 valence electrons. The lowest BCUT2D eigenvalue weighted by atomic mass is 10.1. The van der Waals surface area contributed by atoms with Crippen LogP contribution in [0.4, 0.5) is 28.0 Å². The van der Waals surface area contributed by atoms with Crippen molar-refractivity contribution >= 4 is 24.1 Å². The molecule has 29 heavy (non-hydrogen) atoms. The molecule has 0 aromatic heterocycles. The van der Waals surface area contributed by atoms with E-state index < -0.39 is 29.3 Å². The van der Waals surface area contributed by atoms with Crippen molar-refractivity contribution in [2.45, 2.75) is 25.7 Å². The minimum Gasteiger partial charge on any atom is -0.319 e. The minimum atomic E-state index is -4.82. The summed E-state index contributed by atoms with van der Waals surface area (Å²) < 4.78 is 52.6. The highest BCUT2D eigenvalue weighted by Crippen LogP contribution is 2.34. The van der Waals surface area contributed by atoms with Gasteiger partial charge < -0.3 is 10.2 Å². The summed E-state index contributed by atoms with van der Waals surface area (Å²) in [5.41, 5.74) is -0.704. The number of rotatable bonds is 5. The van der Waals surface area contributed by atoms with E-state index in [1.54, 1.807) is 6.92 Å². The van der Waals surface area contributed by atoms with Crippen LogP contribution in [0.25, 0.3) is 0 Å². The fourth-order valence-electron chi connectivity index (χ4n) is 3.31. The van der Waals surface area contributed by atoms with Gasteiger partial charge in [-0.3, -0.25) is 4.90 Å². The first-order valence-corrected chi connectivity index (χ1v) is 8.99. The predicted molar refractivity (Wildman–Crippen MR) is 106 cm³/mol. The molecule has 0 atom stereocenters. The van der Waals surface area contributed by atoms with E-state index in [0.29, 0.717) is 25.7 Å². The number of nitrogens with zero attached hydrogens (tertiary/aromatic N) is 2. The number of amides is 2. The number of anilines is 1. The molecule has 1 saturated heterocycles. The molecule has 1 aliphatic heterocycles. The van der Waals surface area contributed by atoms with Crippen molar-refractivity contribution in [1.82, 2.24) is 9.80 Å². The third-order valence-electron chi connectivity index (χ3n) is 4.77. The number of halogens is 5. The second-order valence-electron chi connectivity index (χ2n) is 6.71. The second kappa shape index (κ2) is 9.45. The van der Waals surface area contributed by atoms with Crippen LogP contribution in [-0.4, -0.2) is 41.5 Å². The summed E-state index contributed by atoms with van der Waals surface area (Å²) in [6.45, 7) is 4.22. The number of benzene rings is 2. The Morgan fingerprint density at radius 1 is 1.14 bits per heavy atom. The van der Waals surface area contributed by atoms with Crippen LogP contribution in [0.15, 0.2) is 48.5 Å². The molecule has 1 N–H and O–H groups in total. The van der Waals surface area contributed by atoms with Crippen molar-refractivity contribution in [3.05, 3.63) is 65.5 Å². The second-order valence-corrected chi connectivity index (χ2v) is 6.71. The van der Waals surface area contributed by atoms with E-state index in [1.165, 1.54) is 10.5 Å². The number of carbonyl (C=O) groups excluding carboxylic acids is 1. The summed E-state index contributed by atoms with van der Waals surface area (Å²) in [7, 11) is 0. The molecule has 0 unspecified atom stereocenters. The maximum Gasteiger partial charge on any atom is 0.419 e. The number of likely N-dealkylation sites (tertiary alicyclic amines) is 1. The molecule has 9 heteroatoms. The van der Waals surface area contributed by atoms with E-state index in [2.05, 4.69) is 10.2 Å². The Balaban J connectivity index is 0.00000300. The predicted octanol–water partition coefficient (Wildman–Crippen LogP) is 5.00. The zero-order valence-electron chi connectivity index (χ0n) is 15.7. The lowest BCUT2D eigenvalue weighted by molar-refractivity contribution is -0.139. The first-order chi connectivity index (χ1) is 13.3. The average Bonchev–Trinajstić information content (AvgIpc) is 2.61. The quantitative estimate of drug-likeness (QED) is 0.676. The lowest BCUT2D eigenvalue weighted by Gasteiger charge is -2.45. The molecule has 4 nitrogen and oxygen atoms in total. The Labute approximate surface area is 172 Å². The van der Waals surface area contributed by atoms with Gasteiger partial charge in [0.2, 0.25) is 0 Å². The number of likely N-dealkylation sites (N-methyl/N-ethyl adjacent to an activating group) is 1. The molecular formula is C20H22ClF4N3O. The van der Waals surface area contributed by atoms with Gasteiger partial charge in [-0.2, -0.15) is 13.2 Å². The lowest BCUT2D eigenvalue weighted by Crippen LogP contribution is -2.60. The number of hydrogen-bond acceptors (Lipinski definition) is 2. The van der Waals surface area contributed by atoms with Crippen molar-refractivity contribution < 1.29 is 22.4 Å². The summed E-state index contributed by atoms with van der Waals surface area (Å²) in [6, 6.07) is 12.1. The maximum absolute atomic E-state index is 14.1. The topological polar surface area (TPSA) is 35.6 Å². The largest absolute Gasteiger partial charge is 0.419 e. The van der Waals surface area contributed by atoms with E-state index in [4.69, 9.17) is 0 Å². The molecule has 3 rings (SSSR count). The van der Waals surface area contributed by atoms with E-state index in [-0.39, 0.29) is 18.4 Å². The van der Waals surface area contributed by atoms with Crippen molar-refractivity contribution in [3.63, 3.8) is 0 Å². The Kier molecular flexibility index (Phi) is 7.48. The van der Waals surface area contributed by atoms with E-state index in [9.17, 15) is 22.4 Å². The molecule has 1 fully saturated rings. The Morgan fingerprint density at radius 2 is 1.79 bits per heavy atom. The SMILES string of the molecule is CCN(C(=O)Nc1cccc(C(F)(F)F)c1F)C1CN(Cc2ccccc2)C1.Cl. The standard InChI is InChI=1S/C20H21F4N3O.ClH/c1-2-27(15-12-26(13-15)11-14-7-4-3-5-8-14)19(28)25-17-10-6-9-16(18(17)21)20(22,23)24;/h3-10,15H,2,11-13H2,1H3,(H,25,28);1H. The van der Waals surface area contributed by atoms with Crippen LogP contribution in [0.1, 0.15) is 18.1 Å². The molecule has 0 aliphatic carbocycles. The number of nitrogens with one attached hydrogen (secondary N) is 1. The van der Waals surface area contributed by atoms with E-state index >= 15 is 0 Å². The Morgan fingerprint density at radius 3 is 2.38 bits per heavy atom. The average molecular weight is 432 g/mol. The molecule has 0 spiro atoms. The molecule has 2 amide bonds. The third kappa shape index (κ3) is 5.39. The highest BCUT2D eigenvalue weighted by molar-refractivity contribution is 5.90. The summed E-state index contributed by atoms with van der Waals surface area (Å²) >= 11 is 0. The van der Waals surface area contributed by atoms with Crippen molar-refractivity contribution in [1.29, 1.82) is 0 Å². The molecule has 0 saturated carbocycles. The van der Waals surface area contributed by atoms with Crippen LogP contribution >= 0.6 is 12.4 Å². The molecule has 1 aliphatic rings. The fourth-order valence-corrected chi connectivity index (χ4v) is 3.31. The van der Waals surface area contributed by atoms with Gasteiger partial charge in [0.25, 0.3) is 0 Å². The third-order valence-corrected chi connectivity index (χ3v) is 4.77. The van der Waals surface area contributed by atoms with Crippen LogP contribution in [0.3, 0.4) is 0 Å². The number of hydrogen-bond donors (Lipinski definition) is 1. The van der Waals surface area contributed by atoms with Crippen molar-refractivity contribution in [2.24, 2.45) is 0 Å².